The van der Waals surface area contributed by atoms with Crippen LogP contribution in [0, 0.1) is 11.8 Å². The zero-order valence-electron chi connectivity index (χ0n) is 21.5. The highest BCUT2D eigenvalue weighted by molar-refractivity contribution is 8.13. The van der Waals surface area contributed by atoms with Crippen LogP contribution in [0.2, 0.25) is 0 Å². The third-order valence-electron chi connectivity index (χ3n) is 7.21. The summed E-state index contributed by atoms with van der Waals surface area (Å²) in [5.41, 5.74) is 8.25. The van der Waals surface area contributed by atoms with Crippen molar-refractivity contribution in [2.24, 2.45) is 22.6 Å². The van der Waals surface area contributed by atoms with Gasteiger partial charge in [-0.1, -0.05) is 37.3 Å². The highest BCUT2D eigenvalue weighted by Gasteiger charge is 2.58. The lowest BCUT2D eigenvalue weighted by Gasteiger charge is -2.46. The van der Waals surface area contributed by atoms with E-state index in [-0.39, 0.29) is 24.5 Å². The molecule has 4 atom stereocenters. The Hall–Kier alpha value is -2.88. The summed E-state index contributed by atoms with van der Waals surface area (Å²) in [7, 11) is 6.02. The topological polar surface area (TPSA) is 105 Å². The number of aldehydes is 1. The van der Waals surface area contributed by atoms with Crippen molar-refractivity contribution in [3.8, 4) is 5.75 Å². The van der Waals surface area contributed by atoms with Gasteiger partial charge in [0.05, 0.1) is 37.9 Å². The van der Waals surface area contributed by atoms with E-state index in [9.17, 15) is 14.7 Å². The van der Waals surface area contributed by atoms with Crippen molar-refractivity contribution in [2.75, 3.05) is 33.6 Å². The molecule has 0 spiro atoms. The summed E-state index contributed by atoms with van der Waals surface area (Å²) in [6.45, 7) is 4.63. The van der Waals surface area contributed by atoms with Crippen LogP contribution in [0.1, 0.15) is 19.4 Å². The zero-order chi connectivity index (χ0) is 26.2. The highest BCUT2D eigenvalue weighted by atomic mass is 32.2. The van der Waals surface area contributed by atoms with Crippen molar-refractivity contribution in [1.29, 1.82) is 0 Å². The maximum atomic E-state index is 12.6. The first kappa shape index (κ1) is 26.2. The minimum Gasteiger partial charge on any atom is -0.489 e. The number of fused-ring (bicyclic) bond motifs is 2. The van der Waals surface area contributed by atoms with Gasteiger partial charge in [0.1, 0.15) is 24.8 Å². The van der Waals surface area contributed by atoms with Crippen LogP contribution in [-0.4, -0.2) is 77.6 Å². The fourth-order valence-electron chi connectivity index (χ4n) is 5.35. The average Bonchev–Trinajstić information content (AvgIpc) is 3.08. The van der Waals surface area contributed by atoms with Gasteiger partial charge in [0.2, 0.25) is 5.91 Å². The summed E-state index contributed by atoms with van der Waals surface area (Å²) >= 11 is 1.54. The van der Waals surface area contributed by atoms with E-state index in [0.717, 1.165) is 45.3 Å². The van der Waals surface area contributed by atoms with Crippen molar-refractivity contribution < 1.29 is 23.9 Å². The predicted octanol–water partition coefficient (Wildman–Crippen LogP) is 2.74. The van der Waals surface area contributed by atoms with Crippen LogP contribution < -0.4 is 10.5 Å². The molecule has 0 unspecified atom stereocenters. The number of nitrogens with zero attached hydrogens (tertiary/aromatic N) is 3. The summed E-state index contributed by atoms with van der Waals surface area (Å²) in [5, 5.41) is 12.7. The molecule has 0 radical (unpaired) electrons. The summed E-state index contributed by atoms with van der Waals surface area (Å²) in [6, 6.07) is 12.0. The fourth-order valence-corrected chi connectivity index (χ4v) is 6.05. The van der Waals surface area contributed by atoms with E-state index in [1.54, 1.807) is 25.7 Å². The Bertz CT molecular complexity index is 1240. The van der Waals surface area contributed by atoms with E-state index < -0.39 is 12.0 Å². The Kier molecular flexibility index (Phi) is 7.45. The molecule has 1 fully saturated rings. The number of carbonyl (C=O) groups excluding carboxylic acids is 2. The van der Waals surface area contributed by atoms with Gasteiger partial charge >= 0.3 is 0 Å². The Morgan fingerprint density at radius 3 is 2.64 bits per heavy atom. The number of carbonyl (C=O) groups is 2. The molecule has 8 nitrogen and oxygen atoms in total. The van der Waals surface area contributed by atoms with Crippen molar-refractivity contribution in [1.82, 2.24) is 4.90 Å². The maximum absolute atomic E-state index is 12.6. The van der Waals surface area contributed by atoms with Crippen LogP contribution in [0.4, 0.5) is 0 Å². The largest absolute Gasteiger partial charge is 0.489 e. The van der Waals surface area contributed by atoms with E-state index in [1.165, 1.54) is 10.5 Å². The number of rotatable bonds is 9. The number of amides is 1. The molecule has 0 saturated carbocycles. The molecule has 2 aromatic carbocycles. The van der Waals surface area contributed by atoms with Crippen LogP contribution in [0.3, 0.4) is 0 Å². The second kappa shape index (κ2) is 10.2. The standard InChI is InChI=1S/C27H35N4O4S/c1-16-21(22(13-32)30-25(16)24(17(2)33)26(30)34)14-35-23-11-7-9-19-18(8-6-10-20(19)23)12-31(4,5)15-36-27(28)29-3/h6-11,13,16-17,24-25,33H,12,14-15H2,1-5H3,(H2,28,29)/q+1/t16-,17+,24+,25+/m0/s1. The third-order valence-corrected chi connectivity index (χ3v) is 8.51. The number of thioether (sulfide) groups is 1. The van der Waals surface area contributed by atoms with Crippen molar-refractivity contribution in [3.05, 3.63) is 53.2 Å². The number of benzene rings is 2. The van der Waals surface area contributed by atoms with Crippen LogP contribution in [0.15, 0.2) is 52.7 Å². The Labute approximate surface area is 216 Å². The maximum Gasteiger partial charge on any atom is 0.235 e. The number of nitrogens with two attached hydrogens (primary N) is 1. The van der Waals surface area contributed by atoms with Gasteiger partial charge in [0.15, 0.2) is 11.5 Å². The number of aliphatic hydroxyl groups is 1. The van der Waals surface area contributed by atoms with E-state index in [4.69, 9.17) is 10.5 Å². The molecule has 9 heteroatoms. The van der Waals surface area contributed by atoms with Gasteiger partial charge in [-0.25, -0.2) is 0 Å². The number of amidine groups is 1. The van der Waals surface area contributed by atoms with Crippen molar-refractivity contribution in [2.45, 2.75) is 32.5 Å². The van der Waals surface area contributed by atoms with Crippen LogP contribution in [0.25, 0.3) is 10.8 Å². The molecule has 2 aromatic rings. The van der Waals surface area contributed by atoms with Crippen LogP contribution in [-0.2, 0) is 16.1 Å². The Morgan fingerprint density at radius 1 is 1.28 bits per heavy atom. The quantitative estimate of drug-likeness (QED) is 0.134. The minimum atomic E-state index is -0.752. The first-order valence-electron chi connectivity index (χ1n) is 12.1. The van der Waals surface area contributed by atoms with E-state index in [2.05, 4.69) is 31.2 Å². The molecule has 2 aliphatic heterocycles. The number of aliphatic imine (C=N–C) groups is 1. The molecule has 36 heavy (non-hydrogen) atoms. The monoisotopic (exact) mass is 511 g/mol. The molecular weight excluding hydrogens is 476 g/mol. The van der Waals surface area contributed by atoms with Gasteiger partial charge < -0.3 is 25.0 Å². The average molecular weight is 512 g/mol. The first-order valence-corrected chi connectivity index (χ1v) is 13.1. The Morgan fingerprint density at radius 2 is 1.97 bits per heavy atom. The number of hydrogen-bond donors (Lipinski definition) is 2. The summed E-state index contributed by atoms with van der Waals surface area (Å²) in [4.78, 5) is 30.0. The van der Waals surface area contributed by atoms with Gasteiger partial charge in [0.25, 0.3) is 0 Å². The number of ether oxygens (including phenoxy) is 1. The Balaban J connectivity index is 1.56. The summed E-state index contributed by atoms with van der Waals surface area (Å²) < 4.78 is 7.01. The lowest BCUT2D eigenvalue weighted by Crippen LogP contribution is -2.63. The van der Waals surface area contributed by atoms with Gasteiger partial charge in [-0.2, -0.15) is 0 Å². The second-order valence-corrected chi connectivity index (χ2v) is 11.2. The van der Waals surface area contributed by atoms with Gasteiger partial charge in [-0.3, -0.25) is 14.6 Å². The smallest absolute Gasteiger partial charge is 0.235 e. The highest BCUT2D eigenvalue weighted by Crippen LogP contribution is 2.46. The van der Waals surface area contributed by atoms with E-state index in [1.807, 2.05) is 31.2 Å². The van der Waals surface area contributed by atoms with E-state index in [0.29, 0.717) is 10.9 Å². The van der Waals surface area contributed by atoms with E-state index >= 15 is 0 Å². The minimum absolute atomic E-state index is 0.0669. The third kappa shape index (κ3) is 4.75. The lowest BCUT2D eigenvalue weighted by atomic mass is 9.78. The first-order chi connectivity index (χ1) is 17.1. The van der Waals surface area contributed by atoms with Crippen molar-refractivity contribution >= 4 is 39.9 Å². The molecule has 0 aliphatic carbocycles. The molecular formula is C27H35N4O4S+. The number of allylic oxidation sites excluding steroid dienone is 1. The normalized spacial score (nSPS) is 23.1. The second-order valence-electron chi connectivity index (χ2n) is 10.3. The van der Waals surface area contributed by atoms with Gasteiger partial charge in [-0.15, -0.1) is 0 Å². The zero-order valence-corrected chi connectivity index (χ0v) is 22.3. The van der Waals surface area contributed by atoms with Gasteiger partial charge in [-0.05, 0) is 35.7 Å². The lowest BCUT2D eigenvalue weighted by molar-refractivity contribution is -0.890. The summed E-state index contributed by atoms with van der Waals surface area (Å²) in [6.07, 6.45) is -0.0155. The van der Waals surface area contributed by atoms with Crippen molar-refractivity contribution in [3.63, 3.8) is 0 Å². The molecule has 1 saturated heterocycles. The fraction of sp³-hybridized carbons (Fsp3) is 0.444. The number of quaternary nitrogens is 1. The number of aliphatic hydroxyl groups excluding tert-OH is 1. The molecule has 4 rings (SSSR count). The van der Waals surface area contributed by atoms with Crippen LogP contribution >= 0.6 is 11.8 Å². The van der Waals surface area contributed by atoms with Gasteiger partial charge in [0, 0.05) is 23.9 Å². The molecule has 0 bridgehead atoms. The molecule has 2 heterocycles. The molecule has 2 aliphatic rings. The molecule has 0 aromatic heterocycles. The number of β-lactam (4-membered cyclic amide) rings is 1. The molecule has 1 amide bonds. The predicted molar refractivity (Wildman–Crippen MR) is 143 cm³/mol. The SMILES string of the molecule is CN=C(N)SC[N+](C)(C)Cc1cccc2c(OCC3=C(C=O)N4C(=O)[C@H]([C@@H](C)O)[C@H]4[C@H]3C)cccc12. The molecule has 3 N–H and O–H groups in total. The van der Waals surface area contributed by atoms with Crippen LogP contribution in [0.5, 0.6) is 5.75 Å². The number of hydrogen-bond acceptors (Lipinski definition) is 6. The molecule has 192 valence electrons. The summed E-state index contributed by atoms with van der Waals surface area (Å²) in [5.74, 6) is 0.780.